The van der Waals surface area contributed by atoms with Crippen LogP contribution in [0.5, 0.6) is 11.5 Å². The number of carbonyl (C=O) groups is 7. The predicted molar refractivity (Wildman–Crippen MR) is 333 cm³/mol. The molecule has 90 heavy (non-hydrogen) atoms. The molecule has 6 atom stereocenters. The summed E-state index contributed by atoms with van der Waals surface area (Å²) in [5.74, 6) is -3.27. The molecule has 0 aliphatic carbocycles. The number of aliphatic carboxylic acids is 1. The van der Waals surface area contributed by atoms with E-state index in [0.717, 1.165) is 42.4 Å². The van der Waals surface area contributed by atoms with Crippen molar-refractivity contribution >= 4 is 41.7 Å². The molecule has 1 aliphatic heterocycles. The largest absolute Gasteiger partial charge is 0.497 e. The number of carboxylic acid groups (broad SMARTS) is 1. The summed E-state index contributed by atoms with van der Waals surface area (Å²) in [6.07, 6.45) is -2.55. The molecule has 0 spiro atoms. The molecule has 7 rings (SSSR count). The third-order valence-electron chi connectivity index (χ3n) is 15.2. The van der Waals surface area contributed by atoms with Crippen molar-refractivity contribution in [3.8, 4) is 11.5 Å². The van der Waals surface area contributed by atoms with Crippen LogP contribution in [0, 0.1) is 0 Å². The van der Waals surface area contributed by atoms with Gasteiger partial charge in [0.1, 0.15) is 42.0 Å². The van der Waals surface area contributed by atoms with Gasteiger partial charge in [-0.15, -0.1) is 0 Å². The minimum absolute atomic E-state index is 0.0410. The zero-order chi connectivity index (χ0) is 64.3. The Hall–Kier alpha value is -8.95. The zero-order valence-corrected chi connectivity index (χ0v) is 51.6. The number of rotatable bonds is 35. The molecule has 2 N–H and O–H groups in total. The monoisotopic (exact) mass is 1240 g/mol. The normalized spacial score (nSPS) is 16.6. The van der Waals surface area contributed by atoms with Crippen LogP contribution in [0.25, 0.3) is 0 Å². The Morgan fingerprint density at radius 1 is 0.578 bits per heavy atom. The third kappa shape index (κ3) is 20.3. The molecule has 0 radical (unpaired) electrons. The van der Waals surface area contributed by atoms with E-state index in [1.165, 1.54) is 6.92 Å². The summed E-state index contributed by atoms with van der Waals surface area (Å²) in [6, 6.07) is 48.3. The number of methoxy groups -OCH3 is 2. The van der Waals surface area contributed by atoms with Crippen LogP contribution in [0.15, 0.2) is 170 Å². The van der Waals surface area contributed by atoms with Crippen molar-refractivity contribution in [1.82, 2.24) is 15.1 Å². The molecule has 0 aromatic heterocycles. The van der Waals surface area contributed by atoms with Crippen molar-refractivity contribution in [2.45, 2.75) is 107 Å². The van der Waals surface area contributed by atoms with Crippen LogP contribution >= 0.6 is 0 Å². The second-order valence-electron chi connectivity index (χ2n) is 21.8. The maximum atomic E-state index is 13.8. The molecule has 6 aromatic carbocycles. The zero-order valence-electron chi connectivity index (χ0n) is 51.6. The first-order valence-corrected chi connectivity index (χ1v) is 30.2. The van der Waals surface area contributed by atoms with Gasteiger partial charge in [0.2, 0.25) is 11.8 Å². The van der Waals surface area contributed by atoms with Crippen LogP contribution in [0.2, 0.25) is 0 Å². The Labute approximate surface area is 525 Å². The Morgan fingerprint density at radius 2 is 1.08 bits per heavy atom. The van der Waals surface area contributed by atoms with Crippen molar-refractivity contribution in [1.29, 1.82) is 0 Å². The van der Waals surface area contributed by atoms with E-state index in [4.69, 9.17) is 42.6 Å². The number of ether oxygens (including phenoxy) is 9. The van der Waals surface area contributed by atoms with Gasteiger partial charge in [0, 0.05) is 40.1 Å². The fourth-order valence-electron chi connectivity index (χ4n) is 10.5. The highest BCUT2D eigenvalue weighted by atomic mass is 16.7. The SMILES string of the molecule is COc1ccc(C(OC[C@H](CN(C)CCCCCCN(C)C(=O)CCCCOC2OC(COC(=O)c3ccccc3)C(OC(=O)c3ccccc3)C(OC(=O)c3ccccc3)C2NC(C)=O)OC(=O)CCC(=O)O)(c2ccccc2)c2ccc(OC)cc2)cc1. The minimum Gasteiger partial charge on any atom is -0.497 e. The molecule has 0 bridgehead atoms. The molecule has 0 saturated carbocycles. The minimum atomic E-state index is -1.42. The van der Waals surface area contributed by atoms with E-state index in [2.05, 4.69) is 10.2 Å². The lowest BCUT2D eigenvalue weighted by Gasteiger charge is -2.45. The van der Waals surface area contributed by atoms with Crippen LogP contribution < -0.4 is 14.8 Å². The molecule has 478 valence electrons. The van der Waals surface area contributed by atoms with Gasteiger partial charge in [0.15, 0.2) is 18.5 Å². The number of hydrogen-bond donors (Lipinski definition) is 2. The lowest BCUT2D eigenvalue weighted by molar-refractivity contribution is -0.269. The number of hydrogen-bond acceptors (Lipinski definition) is 17. The number of likely N-dealkylation sites (N-methyl/N-ethyl adjacent to an activating group) is 1. The van der Waals surface area contributed by atoms with Crippen molar-refractivity contribution in [2.24, 2.45) is 0 Å². The number of carbonyl (C=O) groups excluding carboxylic acids is 6. The van der Waals surface area contributed by atoms with Gasteiger partial charge < -0.3 is 62.9 Å². The second-order valence-corrected chi connectivity index (χ2v) is 21.8. The van der Waals surface area contributed by atoms with E-state index in [1.807, 2.05) is 85.9 Å². The van der Waals surface area contributed by atoms with Gasteiger partial charge in [-0.2, -0.15) is 0 Å². The van der Waals surface area contributed by atoms with Crippen molar-refractivity contribution < 1.29 is 81.3 Å². The summed E-state index contributed by atoms with van der Waals surface area (Å²) < 4.78 is 54.7. The number of amides is 2. The van der Waals surface area contributed by atoms with E-state index in [9.17, 15) is 38.7 Å². The molecule has 1 fully saturated rings. The molecule has 2 amide bonds. The second kappa shape index (κ2) is 35.3. The Morgan fingerprint density at radius 3 is 1.60 bits per heavy atom. The summed E-state index contributed by atoms with van der Waals surface area (Å²) in [6.45, 7) is 2.29. The van der Waals surface area contributed by atoms with E-state index in [-0.39, 0.29) is 55.1 Å². The number of carboxylic acids is 1. The first-order chi connectivity index (χ1) is 43.6. The van der Waals surface area contributed by atoms with Crippen molar-refractivity contribution in [3.05, 3.63) is 203 Å². The average molecular weight is 1240 g/mol. The van der Waals surface area contributed by atoms with Crippen LogP contribution in [0.3, 0.4) is 0 Å². The number of unbranched alkanes of at least 4 members (excludes halogenated alkanes) is 4. The van der Waals surface area contributed by atoms with Crippen molar-refractivity contribution in [3.63, 3.8) is 0 Å². The Balaban J connectivity index is 0.925. The van der Waals surface area contributed by atoms with Crippen LogP contribution in [-0.4, -0.2) is 161 Å². The number of benzene rings is 6. The maximum Gasteiger partial charge on any atom is 0.338 e. The summed E-state index contributed by atoms with van der Waals surface area (Å²) in [4.78, 5) is 95.5. The first kappa shape index (κ1) is 68.5. The van der Waals surface area contributed by atoms with Gasteiger partial charge >= 0.3 is 29.8 Å². The fraction of sp³-hybridized carbons (Fsp3) is 0.386. The molecular formula is C70H81N3O17. The number of nitrogens with one attached hydrogen (secondary N) is 1. The highest BCUT2D eigenvalue weighted by molar-refractivity contribution is 5.91. The van der Waals surface area contributed by atoms with Gasteiger partial charge in [-0.1, -0.05) is 122 Å². The van der Waals surface area contributed by atoms with Gasteiger partial charge in [0.25, 0.3) is 0 Å². The van der Waals surface area contributed by atoms with Gasteiger partial charge in [-0.3, -0.25) is 19.2 Å². The Kier molecular flexibility index (Phi) is 26.9. The molecule has 6 aromatic rings. The quantitative estimate of drug-likeness (QED) is 0.0163. The molecular weight excluding hydrogens is 1150 g/mol. The first-order valence-electron chi connectivity index (χ1n) is 30.2. The predicted octanol–water partition coefficient (Wildman–Crippen LogP) is 9.46. The lowest BCUT2D eigenvalue weighted by Crippen LogP contribution is -2.66. The smallest absolute Gasteiger partial charge is 0.338 e. The van der Waals surface area contributed by atoms with E-state index in [1.54, 1.807) is 117 Å². The number of esters is 4. The maximum absolute atomic E-state index is 13.8. The van der Waals surface area contributed by atoms with Gasteiger partial charge in [-0.25, -0.2) is 14.4 Å². The van der Waals surface area contributed by atoms with Crippen LogP contribution in [0.1, 0.15) is 112 Å². The summed E-state index contributed by atoms with van der Waals surface area (Å²) >= 11 is 0. The standard InChI is InChI=1S/C70H81N3O17/c1-49(74)71-63-65(90-68(81)52-28-16-10-17-29-52)64(89-67(80)51-26-14-9-15-27-51)59(48-85-66(79)50-24-12-8-13-25-50)88-69(63)84-45-23-20-32-60(75)73(3)44-22-7-6-21-43-72(2)46-58(87-62(78)42-41-61(76)77)47-86-70(53-30-18-11-19-31-53,54-33-37-56(82-4)38-34-54)55-35-39-57(83-5)40-36-55/h8-19,24-31,33-40,58-59,63-65,69H,6-7,20-23,32,41-48H2,1-5H3,(H,71,74)(H,76,77)/t58-,59?,63?,64?,65?,69?/m0/s1. The third-order valence-corrected chi connectivity index (χ3v) is 15.2. The topological polar surface area (TPSA) is 241 Å². The van der Waals surface area contributed by atoms with Crippen molar-refractivity contribution in [2.75, 3.05) is 67.8 Å². The van der Waals surface area contributed by atoms with E-state index >= 15 is 0 Å². The molecule has 1 saturated heterocycles. The number of nitrogens with zero attached hydrogens (tertiary/aromatic N) is 2. The fourth-order valence-corrected chi connectivity index (χ4v) is 10.5. The highest BCUT2D eigenvalue weighted by Gasteiger charge is 2.52. The lowest BCUT2D eigenvalue weighted by atomic mass is 9.80. The van der Waals surface area contributed by atoms with Crippen LogP contribution in [-0.2, 0) is 57.9 Å². The summed E-state index contributed by atoms with van der Waals surface area (Å²) in [5.41, 5.74) is 1.86. The summed E-state index contributed by atoms with van der Waals surface area (Å²) in [7, 11) is 6.89. The highest BCUT2D eigenvalue weighted by Crippen LogP contribution is 2.42. The molecule has 20 heteroatoms. The van der Waals surface area contributed by atoms with Crippen LogP contribution in [0.4, 0.5) is 0 Å². The van der Waals surface area contributed by atoms with Gasteiger partial charge in [-0.05, 0) is 117 Å². The molecule has 1 heterocycles. The van der Waals surface area contributed by atoms with E-state index < -0.39 is 84.7 Å². The molecule has 1 aliphatic rings. The molecule has 20 nitrogen and oxygen atoms in total. The summed E-state index contributed by atoms with van der Waals surface area (Å²) in [5, 5.41) is 12.1. The average Bonchev–Trinajstić information content (AvgIpc) is 1.81. The van der Waals surface area contributed by atoms with E-state index in [0.29, 0.717) is 44.0 Å². The van der Waals surface area contributed by atoms with Gasteiger partial charge in [0.05, 0.1) is 50.4 Å². The molecule has 5 unspecified atom stereocenters. The Bertz CT molecular complexity index is 3160.